The van der Waals surface area contributed by atoms with Crippen molar-refractivity contribution in [2.75, 3.05) is 66.1 Å². The van der Waals surface area contributed by atoms with Crippen LogP contribution in [0, 0.1) is 42.4 Å². The topological polar surface area (TPSA) is 187 Å². The van der Waals surface area contributed by atoms with Gasteiger partial charge in [0.2, 0.25) is 0 Å². The van der Waals surface area contributed by atoms with Crippen molar-refractivity contribution in [1.29, 1.82) is 0 Å². The first-order valence-electron chi connectivity index (χ1n) is 29.3. The number of ether oxygens (including phenoxy) is 6. The summed E-state index contributed by atoms with van der Waals surface area (Å²) in [6, 6.07) is 6.56. The van der Waals surface area contributed by atoms with Crippen LogP contribution in [-0.4, -0.2) is 115 Å². The van der Waals surface area contributed by atoms with Gasteiger partial charge in [-0.2, -0.15) is 8.42 Å². The third-order valence-electron chi connectivity index (χ3n) is 14.1. The number of aliphatic hydroxyl groups is 1. The number of carbonyl (C=O) groups is 4. The van der Waals surface area contributed by atoms with E-state index >= 15 is 0 Å². The molecular formula is C61H102O14S. The lowest BCUT2D eigenvalue weighted by Gasteiger charge is -2.23. The van der Waals surface area contributed by atoms with Gasteiger partial charge in [0.25, 0.3) is 10.1 Å². The minimum Gasteiger partial charge on any atom is -0.463 e. The van der Waals surface area contributed by atoms with E-state index in [0.29, 0.717) is 84.6 Å². The predicted molar refractivity (Wildman–Crippen MR) is 299 cm³/mol. The molecule has 0 saturated heterocycles. The molecule has 2 aliphatic rings. The molecule has 0 bridgehead atoms. The Balaban J connectivity index is 0.000000539. The van der Waals surface area contributed by atoms with E-state index in [2.05, 4.69) is 26.0 Å². The van der Waals surface area contributed by atoms with E-state index in [4.69, 9.17) is 32.6 Å². The van der Waals surface area contributed by atoms with Gasteiger partial charge in [0, 0.05) is 70.6 Å². The van der Waals surface area contributed by atoms with E-state index in [9.17, 15) is 32.7 Å². The number of allylic oxidation sites excluding steroid dienone is 4. The highest BCUT2D eigenvalue weighted by molar-refractivity contribution is 7.86. The van der Waals surface area contributed by atoms with E-state index in [1.54, 1.807) is 24.3 Å². The average molecular weight is 1090 g/mol. The third-order valence-corrected chi connectivity index (χ3v) is 15.3. The summed E-state index contributed by atoms with van der Waals surface area (Å²) in [5, 5.41) is 9.73. The number of aliphatic hydroxyl groups excluding tert-OH is 1. The molecule has 1 N–H and O–H groups in total. The molecule has 2 fully saturated rings. The molecule has 1 aromatic carbocycles. The summed E-state index contributed by atoms with van der Waals surface area (Å²) >= 11 is 0. The molecule has 0 radical (unpaired) electrons. The van der Waals surface area contributed by atoms with Crippen molar-refractivity contribution in [1.82, 2.24) is 0 Å². The summed E-state index contributed by atoms with van der Waals surface area (Å²) in [6.45, 7) is 18.5. The van der Waals surface area contributed by atoms with Crippen molar-refractivity contribution in [2.45, 2.75) is 207 Å². The molecule has 6 atom stereocenters. The van der Waals surface area contributed by atoms with Crippen LogP contribution in [0.15, 0.2) is 53.5 Å². The molecule has 436 valence electrons. The summed E-state index contributed by atoms with van der Waals surface area (Å²) in [5.74, 6) is -0.322. The van der Waals surface area contributed by atoms with Gasteiger partial charge in [-0.25, -0.2) is 0 Å². The molecule has 3 rings (SSSR count). The fourth-order valence-electron chi connectivity index (χ4n) is 9.87. The third kappa shape index (κ3) is 31.3. The van der Waals surface area contributed by atoms with Gasteiger partial charge < -0.3 is 33.5 Å². The number of benzene rings is 1. The zero-order valence-electron chi connectivity index (χ0n) is 48.0. The molecule has 0 heterocycles. The van der Waals surface area contributed by atoms with Crippen LogP contribution < -0.4 is 0 Å². The van der Waals surface area contributed by atoms with Crippen LogP contribution in [0.4, 0.5) is 0 Å². The SMILES string of the molecule is CCCCCCCOCCOCC[C@H]1C(CO)CC(=O)C1CC=CCCCC(=O)OC(C)C.CCCCCCCOCCOCC[C@H]1C(COS(=O)(=O)c2ccc(C)cc2)CC(=O)C1CC=CCCCC(=O)OC(C)C. The summed E-state index contributed by atoms with van der Waals surface area (Å²) in [7, 11) is -3.92. The number of carbonyl (C=O) groups excluding carboxylic acids is 4. The largest absolute Gasteiger partial charge is 0.463 e. The van der Waals surface area contributed by atoms with Gasteiger partial charge in [-0.3, -0.25) is 23.4 Å². The Morgan fingerprint density at radius 3 is 1.43 bits per heavy atom. The maximum atomic E-state index is 13.1. The Kier molecular flexibility index (Phi) is 38.6. The molecule has 2 saturated carbocycles. The van der Waals surface area contributed by atoms with E-state index in [0.717, 1.165) is 57.3 Å². The number of ketones is 2. The summed E-state index contributed by atoms with van der Waals surface area (Å²) < 4.78 is 64.3. The first-order valence-corrected chi connectivity index (χ1v) is 30.7. The molecular weight excluding hydrogens is 989 g/mol. The highest BCUT2D eigenvalue weighted by atomic mass is 32.2. The molecule has 76 heavy (non-hydrogen) atoms. The second-order valence-electron chi connectivity index (χ2n) is 21.3. The summed E-state index contributed by atoms with van der Waals surface area (Å²) in [5.41, 5.74) is 0.962. The smallest absolute Gasteiger partial charge is 0.306 e. The summed E-state index contributed by atoms with van der Waals surface area (Å²) in [6.07, 6.45) is 27.3. The first-order chi connectivity index (χ1) is 36.6. The van der Waals surface area contributed by atoms with Crippen molar-refractivity contribution >= 4 is 33.6 Å². The Morgan fingerprint density at radius 2 is 1.00 bits per heavy atom. The van der Waals surface area contributed by atoms with Crippen LogP contribution in [0.25, 0.3) is 0 Å². The number of hydrogen-bond acceptors (Lipinski definition) is 14. The Morgan fingerprint density at radius 1 is 0.579 bits per heavy atom. The Bertz CT molecular complexity index is 1860. The fourth-order valence-corrected chi connectivity index (χ4v) is 10.8. The van der Waals surface area contributed by atoms with Crippen LogP contribution in [0.2, 0.25) is 0 Å². The van der Waals surface area contributed by atoms with Gasteiger partial charge in [-0.05, 0) is 135 Å². The highest BCUT2D eigenvalue weighted by Crippen LogP contribution is 2.41. The van der Waals surface area contributed by atoms with Gasteiger partial charge in [-0.15, -0.1) is 0 Å². The maximum Gasteiger partial charge on any atom is 0.306 e. The van der Waals surface area contributed by atoms with E-state index in [1.807, 2.05) is 46.8 Å². The summed E-state index contributed by atoms with van der Waals surface area (Å²) in [4.78, 5) is 49.0. The van der Waals surface area contributed by atoms with Gasteiger partial charge >= 0.3 is 11.9 Å². The van der Waals surface area contributed by atoms with Gasteiger partial charge in [0.15, 0.2) is 0 Å². The zero-order chi connectivity index (χ0) is 55.8. The maximum absolute atomic E-state index is 13.1. The lowest BCUT2D eigenvalue weighted by molar-refractivity contribution is -0.148. The predicted octanol–water partition coefficient (Wildman–Crippen LogP) is 12.2. The standard InChI is InChI=1S/C34H54O8S.C27H48O6/c1-5-6-7-10-13-21-39-23-24-40-22-20-31-29(26-41-43(37,38)30-18-16-28(4)17-19-30)25-33(35)32(31)14-11-8-9-12-15-34(36)42-27(2)3;1-4-5-6-9-12-16-31-18-19-32-17-15-24-23(21-28)20-26(29)25(24)13-10-7-8-11-14-27(30)33-22(2)3/h8,11,16-19,27,29,31-32H,5-7,9-10,12-15,20-26H2,1-4H3;7,10,22-25,28H,4-6,8-9,11-21H2,1-3H3/t29?,31-,32?;23?,24-,25?/m00/s1. The molecule has 4 unspecified atom stereocenters. The number of esters is 2. The lowest BCUT2D eigenvalue weighted by Crippen LogP contribution is -2.23. The van der Waals surface area contributed by atoms with E-state index < -0.39 is 10.1 Å². The number of Topliss-reactive ketones (excluding diaryl/α,β-unsaturated/α-hetero) is 2. The molecule has 15 heteroatoms. The number of rotatable bonds is 43. The van der Waals surface area contributed by atoms with Crippen LogP contribution in [0.5, 0.6) is 0 Å². The molecule has 1 aromatic rings. The van der Waals surface area contributed by atoms with Crippen LogP contribution >= 0.6 is 0 Å². The first kappa shape index (κ1) is 68.8. The second-order valence-corrected chi connectivity index (χ2v) is 22.9. The molecule has 2 aliphatic carbocycles. The van der Waals surface area contributed by atoms with Crippen LogP contribution in [0.1, 0.15) is 188 Å². The monoisotopic (exact) mass is 1090 g/mol. The molecule has 0 aromatic heterocycles. The second kappa shape index (κ2) is 42.6. The van der Waals surface area contributed by atoms with Crippen molar-refractivity contribution in [3.8, 4) is 0 Å². The number of unbranched alkanes of at least 4 members (excludes halogenated alkanes) is 10. The normalized spacial score (nSPS) is 19.9. The zero-order valence-corrected chi connectivity index (χ0v) is 48.8. The van der Waals surface area contributed by atoms with Crippen LogP contribution in [0.3, 0.4) is 0 Å². The molecule has 14 nitrogen and oxygen atoms in total. The fraction of sp³-hybridized carbons (Fsp3) is 0.770. The molecule has 0 amide bonds. The average Bonchev–Trinajstić information content (AvgIpc) is 3.85. The Labute approximate surface area is 459 Å². The van der Waals surface area contributed by atoms with Crippen molar-refractivity contribution < 1.29 is 65.3 Å². The van der Waals surface area contributed by atoms with Crippen molar-refractivity contribution in [3.05, 3.63) is 54.1 Å². The number of aryl methyl sites for hydroxylation is 1. The van der Waals surface area contributed by atoms with Crippen molar-refractivity contribution in [2.24, 2.45) is 35.5 Å². The van der Waals surface area contributed by atoms with Gasteiger partial charge in [0.1, 0.15) is 11.6 Å². The minimum atomic E-state index is -3.92. The van der Waals surface area contributed by atoms with E-state index in [1.165, 1.54) is 51.4 Å². The van der Waals surface area contributed by atoms with E-state index in [-0.39, 0.29) is 95.8 Å². The molecule has 0 aliphatic heterocycles. The van der Waals surface area contributed by atoms with Gasteiger partial charge in [0.05, 0.1) is 50.1 Å². The lowest BCUT2D eigenvalue weighted by atomic mass is 9.85. The minimum absolute atomic E-state index is 0.0321. The quantitative estimate of drug-likeness (QED) is 0.0282. The van der Waals surface area contributed by atoms with Gasteiger partial charge in [-0.1, -0.05) is 107 Å². The number of hydrogen-bond donors (Lipinski definition) is 1. The Hall–Kier alpha value is -3.31. The van der Waals surface area contributed by atoms with Crippen LogP contribution in [-0.2, 0) is 61.9 Å². The molecule has 0 spiro atoms. The highest BCUT2D eigenvalue weighted by Gasteiger charge is 2.42. The van der Waals surface area contributed by atoms with Crippen molar-refractivity contribution in [3.63, 3.8) is 0 Å².